The molecule has 7 heteroatoms. The van der Waals surface area contributed by atoms with E-state index in [-0.39, 0.29) is 4.90 Å². The molecule has 1 aromatic heterocycles. The summed E-state index contributed by atoms with van der Waals surface area (Å²) >= 11 is 0. The molecule has 1 heterocycles. The minimum atomic E-state index is -3.81. The van der Waals surface area contributed by atoms with Crippen LogP contribution in [0.2, 0.25) is 0 Å². The minimum absolute atomic E-state index is 0.107. The van der Waals surface area contributed by atoms with Gasteiger partial charge < -0.3 is 9.30 Å². The number of ether oxygens (including phenoxy) is 1. The van der Waals surface area contributed by atoms with Crippen molar-refractivity contribution in [1.29, 1.82) is 0 Å². The quantitative estimate of drug-likeness (QED) is 0.349. The van der Waals surface area contributed by atoms with Crippen LogP contribution in [0.3, 0.4) is 0 Å². The molecule has 0 bridgehead atoms. The molecular formula is C24H22N2O4S. The Kier molecular flexibility index (Phi) is 5.52. The van der Waals surface area contributed by atoms with Gasteiger partial charge in [0.15, 0.2) is 0 Å². The van der Waals surface area contributed by atoms with Crippen molar-refractivity contribution >= 4 is 49.6 Å². The van der Waals surface area contributed by atoms with Crippen molar-refractivity contribution in [3.05, 3.63) is 78.4 Å². The van der Waals surface area contributed by atoms with Crippen LogP contribution in [0.1, 0.15) is 12.5 Å². The van der Waals surface area contributed by atoms with E-state index in [1.165, 1.54) is 31.4 Å². The number of aryl methyl sites for hydroxylation is 1. The van der Waals surface area contributed by atoms with E-state index in [9.17, 15) is 13.2 Å². The third-order valence-electron chi connectivity index (χ3n) is 5.12. The molecule has 0 aliphatic carbocycles. The molecule has 0 amide bonds. The van der Waals surface area contributed by atoms with Gasteiger partial charge in [0.2, 0.25) is 0 Å². The first kappa shape index (κ1) is 20.7. The molecule has 4 aromatic rings. The Morgan fingerprint density at radius 1 is 1.00 bits per heavy atom. The molecule has 0 saturated heterocycles. The van der Waals surface area contributed by atoms with Gasteiger partial charge in [0.05, 0.1) is 12.0 Å². The number of carbonyl (C=O) groups is 1. The fraction of sp³-hybridized carbons (Fsp3) is 0.125. The summed E-state index contributed by atoms with van der Waals surface area (Å²) in [5, 5.41) is 2.07. The number of sulfonamides is 1. The molecular weight excluding hydrogens is 412 g/mol. The average Bonchev–Trinajstić information content (AvgIpc) is 3.10. The molecule has 0 spiro atoms. The zero-order valence-electron chi connectivity index (χ0n) is 17.2. The zero-order chi connectivity index (χ0) is 22.0. The Hall–Kier alpha value is -3.58. The van der Waals surface area contributed by atoms with Crippen LogP contribution < -0.4 is 4.72 Å². The standard InChI is InChI=1S/C24H22N2O4S/c1-3-26-22-10-5-4-9-20(22)21-16-18(12-13-23(21)26)25-31(28,29)19-8-6-7-17(15-19)11-14-24(27)30-2/h4-16,25H,3H2,1-2H3/b14-11+. The summed E-state index contributed by atoms with van der Waals surface area (Å²) in [5.41, 5.74) is 3.24. The van der Waals surface area contributed by atoms with Crippen molar-refractivity contribution in [1.82, 2.24) is 4.57 Å². The number of anilines is 1. The molecule has 6 nitrogen and oxygen atoms in total. The molecule has 0 radical (unpaired) electrons. The van der Waals surface area contributed by atoms with E-state index < -0.39 is 16.0 Å². The van der Waals surface area contributed by atoms with Crippen LogP contribution in [0.4, 0.5) is 5.69 Å². The lowest BCUT2D eigenvalue weighted by atomic mass is 10.1. The first-order valence-electron chi connectivity index (χ1n) is 9.83. The van der Waals surface area contributed by atoms with E-state index in [0.717, 1.165) is 28.4 Å². The van der Waals surface area contributed by atoms with Gasteiger partial charge in [-0.2, -0.15) is 0 Å². The number of fused-ring (bicyclic) bond motifs is 3. The van der Waals surface area contributed by atoms with Crippen LogP contribution in [0.15, 0.2) is 77.7 Å². The van der Waals surface area contributed by atoms with E-state index in [2.05, 4.69) is 27.0 Å². The summed E-state index contributed by atoms with van der Waals surface area (Å²) in [5.74, 6) is -0.508. The number of rotatable bonds is 6. The van der Waals surface area contributed by atoms with Gasteiger partial charge >= 0.3 is 5.97 Å². The second kappa shape index (κ2) is 8.28. The van der Waals surface area contributed by atoms with Crippen LogP contribution in [-0.2, 0) is 26.1 Å². The van der Waals surface area contributed by atoms with Crippen molar-refractivity contribution in [2.45, 2.75) is 18.4 Å². The number of esters is 1. The highest BCUT2D eigenvalue weighted by Gasteiger charge is 2.16. The van der Waals surface area contributed by atoms with Crippen LogP contribution in [0, 0.1) is 0 Å². The Bertz CT molecular complexity index is 1420. The predicted octanol–water partition coefficient (Wildman–Crippen LogP) is 4.80. The number of nitrogens with zero attached hydrogens (tertiary/aromatic N) is 1. The summed E-state index contributed by atoms with van der Waals surface area (Å²) in [4.78, 5) is 11.4. The second-order valence-electron chi connectivity index (χ2n) is 7.03. The van der Waals surface area contributed by atoms with Crippen LogP contribution in [-0.4, -0.2) is 26.1 Å². The molecule has 0 aliphatic heterocycles. The lowest BCUT2D eigenvalue weighted by Crippen LogP contribution is -2.13. The molecule has 0 fully saturated rings. The Morgan fingerprint density at radius 3 is 2.55 bits per heavy atom. The number of hydrogen-bond acceptors (Lipinski definition) is 4. The highest BCUT2D eigenvalue weighted by atomic mass is 32.2. The Balaban J connectivity index is 1.69. The van der Waals surface area contributed by atoms with Gasteiger partial charge in [-0.05, 0) is 55.0 Å². The van der Waals surface area contributed by atoms with Crippen molar-refractivity contribution in [3.63, 3.8) is 0 Å². The number of hydrogen-bond donors (Lipinski definition) is 1. The summed E-state index contributed by atoms with van der Waals surface area (Å²) in [6.45, 7) is 2.91. The molecule has 31 heavy (non-hydrogen) atoms. The normalized spacial score (nSPS) is 11.9. The molecule has 4 rings (SSSR count). The van der Waals surface area contributed by atoms with Gasteiger partial charge in [-0.1, -0.05) is 30.3 Å². The third kappa shape index (κ3) is 4.04. The predicted molar refractivity (Wildman–Crippen MR) is 123 cm³/mol. The first-order valence-corrected chi connectivity index (χ1v) is 11.3. The highest BCUT2D eigenvalue weighted by Crippen LogP contribution is 2.31. The summed E-state index contributed by atoms with van der Waals surface area (Å²) in [7, 11) is -2.52. The Morgan fingerprint density at radius 2 is 1.77 bits per heavy atom. The second-order valence-corrected chi connectivity index (χ2v) is 8.71. The van der Waals surface area contributed by atoms with E-state index in [1.54, 1.807) is 18.2 Å². The van der Waals surface area contributed by atoms with Crippen LogP contribution >= 0.6 is 0 Å². The number of aromatic nitrogens is 1. The van der Waals surface area contributed by atoms with Gasteiger partial charge in [0.1, 0.15) is 0 Å². The zero-order valence-corrected chi connectivity index (χ0v) is 18.0. The van der Waals surface area contributed by atoms with Gasteiger partial charge in [-0.15, -0.1) is 0 Å². The first-order chi connectivity index (χ1) is 14.9. The number of carbonyl (C=O) groups excluding carboxylic acids is 1. The maximum absolute atomic E-state index is 13.0. The van der Waals surface area contributed by atoms with E-state index >= 15 is 0 Å². The molecule has 0 unspecified atom stereocenters. The van der Waals surface area contributed by atoms with E-state index in [4.69, 9.17) is 0 Å². The van der Waals surface area contributed by atoms with Crippen molar-refractivity contribution in [3.8, 4) is 0 Å². The molecule has 0 atom stereocenters. The van der Waals surface area contributed by atoms with Crippen molar-refractivity contribution in [2.24, 2.45) is 0 Å². The van der Waals surface area contributed by atoms with Crippen molar-refractivity contribution < 1.29 is 17.9 Å². The Labute approximate surface area is 180 Å². The van der Waals surface area contributed by atoms with Gasteiger partial charge in [0.25, 0.3) is 10.0 Å². The molecule has 1 N–H and O–H groups in total. The molecule has 3 aromatic carbocycles. The maximum Gasteiger partial charge on any atom is 0.330 e. The molecule has 0 aliphatic rings. The van der Waals surface area contributed by atoms with Crippen molar-refractivity contribution in [2.75, 3.05) is 11.8 Å². The van der Waals surface area contributed by atoms with Gasteiger partial charge in [0, 0.05) is 40.1 Å². The molecule has 0 saturated carbocycles. The minimum Gasteiger partial charge on any atom is -0.466 e. The van der Waals surface area contributed by atoms with Gasteiger partial charge in [-0.25, -0.2) is 13.2 Å². The third-order valence-corrected chi connectivity index (χ3v) is 6.50. The molecule has 158 valence electrons. The summed E-state index contributed by atoms with van der Waals surface area (Å²) in [6.07, 6.45) is 2.76. The number of nitrogens with one attached hydrogen (secondary N) is 1. The van der Waals surface area contributed by atoms with Gasteiger partial charge in [-0.3, -0.25) is 4.72 Å². The fourth-order valence-corrected chi connectivity index (χ4v) is 4.79. The number of benzene rings is 3. The van der Waals surface area contributed by atoms with Crippen LogP contribution in [0.25, 0.3) is 27.9 Å². The fourth-order valence-electron chi connectivity index (χ4n) is 3.69. The van der Waals surface area contributed by atoms with Crippen LogP contribution in [0.5, 0.6) is 0 Å². The number of para-hydroxylation sites is 1. The lowest BCUT2D eigenvalue weighted by Gasteiger charge is -2.09. The summed E-state index contributed by atoms with van der Waals surface area (Å²) in [6, 6.07) is 20.0. The van der Waals surface area contributed by atoms with E-state index in [0.29, 0.717) is 11.3 Å². The smallest absolute Gasteiger partial charge is 0.330 e. The number of methoxy groups -OCH3 is 1. The topological polar surface area (TPSA) is 77.4 Å². The SMILES string of the molecule is CCn1c2ccccc2c2cc(NS(=O)(=O)c3cccc(/C=C/C(=O)OC)c3)ccc21. The highest BCUT2D eigenvalue weighted by molar-refractivity contribution is 7.92. The maximum atomic E-state index is 13.0. The largest absolute Gasteiger partial charge is 0.466 e. The van der Waals surface area contributed by atoms with E-state index in [1.807, 2.05) is 30.3 Å². The summed E-state index contributed by atoms with van der Waals surface area (Å²) < 4.78 is 35.4. The monoisotopic (exact) mass is 434 g/mol. The average molecular weight is 435 g/mol. The lowest BCUT2D eigenvalue weighted by molar-refractivity contribution is -0.134.